The van der Waals surface area contributed by atoms with Crippen molar-refractivity contribution in [2.75, 3.05) is 33.2 Å². The number of likely N-dealkylation sites (N-methyl/N-ethyl adjacent to an activating group) is 2. The molecule has 0 aliphatic rings. The minimum atomic E-state index is 0. The minimum absolute atomic E-state index is 0. The van der Waals surface area contributed by atoms with E-state index < -0.39 is 0 Å². The van der Waals surface area contributed by atoms with Crippen LogP contribution in [0.1, 0.15) is 26.5 Å². The fourth-order valence-corrected chi connectivity index (χ4v) is 2.88. The van der Waals surface area contributed by atoms with Crippen molar-refractivity contribution in [1.29, 1.82) is 0 Å². The monoisotopic (exact) mass is 483 g/mol. The number of nitrogens with one attached hydrogen (secondary N) is 1. The lowest BCUT2D eigenvalue weighted by molar-refractivity contribution is -0.131. The van der Waals surface area contributed by atoms with Crippen LogP contribution in [-0.4, -0.2) is 59.9 Å². The number of hydrogen-bond acceptors (Lipinski definition) is 3. The van der Waals surface area contributed by atoms with Crippen LogP contribution in [0.5, 0.6) is 0 Å². The number of rotatable bonds is 7. The average Bonchev–Trinajstić information content (AvgIpc) is 2.66. The smallest absolute Gasteiger partial charge is 0.242 e. The van der Waals surface area contributed by atoms with Crippen LogP contribution >= 0.6 is 24.0 Å². The summed E-state index contributed by atoms with van der Waals surface area (Å²) in [7, 11) is 1.89. The largest absolute Gasteiger partial charge is 0.357 e. The third-order valence-corrected chi connectivity index (χ3v) is 4.32. The maximum atomic E-state index is 12.4. The zero-order chi connectivity index (χ0) is 18.9. The molecule has 2 aromatic rings. The van der Waals surface area contributed by atoms with Crippen LogP contribution in [0.3, 0.4) is 0 Å². The molecule has 0 radical (unpaired) electrons. The Hall–Kier alpha value is -1.90. The lowest BCUT2D eigenvalue weighted by Crippen LogP contribution is -2.45. The van der Waals surface area contributed by atoms with Crippen LogP contribution in [0.25, 0.3) is 10.8 Å². The van der Waals surface area contributed by atoms with Crippen molar-refractivity contribution in [1.82, 2.24) is 20.1 Å². The number of pyridine rings is 1. The zero-order valence-electron chi connectivity index (χ0n) is 16.6. The number of hydrogen-bond donors (Lipinski definition) is 1. The highest BCUT2D eigenvalue weighted by atomic mass is 127. The first kappa shape index (κ1) is 23.1. The Balaban J connectivity index is 0.00000364. The van der Waals surface area contributed by atoms with Gasteiger partial charge in [-0.05, 0) is 32.2 Å². The number of halogens is 1. The normalized spacial score (nSPS) is 11.0. The summed E-state index contributed by atoms with van der Waals surface area (Å²) in [4.78, 5) is 25.2. The van der Waals surface area contributed by atoms with E-state index in [2.05, 4.69) is 22.4 Å². The number of amides is 1. The van der Waals surface area contributed by atoms with Gasteiger partial charge in [-0.15, -0.1) is 24.0 Å². The molecule has 2 rings (SSSR count). The molecule has 27 heavy (non-hydrogen) atoms. The molecule has 1 aromatic heterocycles. The van der Waals surface area contributed by atoms with Gasteiger partial charge in [0, 0.05) is 38.3 Å². The van der Waals surface area contributed by atoms with E-state index in [1.807, 2.05) is 62.0 Å². The Labute approximate surface area is 179 Å². The molecule has 148 valence electrons. The molecule has 0 bridgehead atoms. The molecule has 1 aromatic carbocycles. The molecule has 0 spiro atoms. The third-order valence-electron chi connectivity index (χ3n) is 4.32. The van der Waals surface area contributed by atoms with E-state index in [-0.39, 0.29) is 29.9 Å². The van der Waals surface area contributed by atoms with E-state index >= 15 is 0 Å². The van der Waals surface area contributed by atoms with E-state index in [9.17, 15) is 4.79 Å². The molecule has 0 fully saturated rings. The van der Waals surface area contributed by atoms with Crippen molar-refractivity contribution >= 4 is 46.6 Å². The predicted octanol–water partition coefficient (Wildman–Crippen LogP) is 3.12. The lowest BCUT2D eigenvalue weighted by atomic mass is 10.1. The number of nitrogens with zero attached hydrogens (tertiary/aromatic N) is 4. The van der Waals surface area contributed by atoms with Gasteiger partial charge in [-0.1, -0.05) is 24.3 Å². The summed E-state index contributed by atoms with van der Waals surface area (Å²) in [5.41, 5.74) is 0.932. The van der Waals surface area contributed by atoms with Crippen LogP contribution < -0.4 is 5.32 Å². The first-order valence-electron chi connectivity index (χ1n) is 9.20. The highest BCUT2D eigenvalue weighted by Crippen LogP contribution is 2.16. The van der Waals surface area contributed by atoms with E-state index in [0.717, 1.165) is 36.1 Å². The summed E-state index contributed by atoms with van der Waals surface area (Å²) < 4.78 is 0. The van der Waals surface area contributed by atoms with Gasteiger partial charge in [-0.25, -0.2) is 4.99 Å². The molecule has 0 unspecified atom stereocenters. The molecule has 0 saturated heterocycles. The zero-order valence-corrected chi connectivity index (χ0v) is 18.9. The maximum absolute atomic E-state index is 12.4. The molecule has 1 heterocycles. The third kappa shape index (κ3) is 6.34. The van der Waals surface area contributed by atoms with Crippen molar-refractivity contribution in [3.63, 3.8) is 0 Å². The fourth-order valence-electron chi connectivity index (χ4n) is 2.88. The van der Waals surface area contributed by atoms with Crippen LogP contribution in [0.15, 0.2) is 41.5 Å². The first-order valence-corrected chi connectivity index (χ1v) is 9.20. The Morgan fingerprint density at radius 3 is 2.52 bits per heavy atom. The van der Waals surface area contributed by atoms with E-state index in [4.69, 9.17) is 4.99 Å². The van der Waals surface area contributed by atoms with Crippen LogP contribution in [0.2, 0.25) is 0 Å². The first-order chi connectivity index (χ1) is 12.6. The SMILES string of the molecule is CCNC(=NCc1nccc2ccccc12)N(C)CC(=O)N(CC)CC.I. The highest BCUT2D eigenvalue weighted by molar-refractivity contribution is 14.0. The quantitative estimate of drug-likeness (QED) is 0.374. The Morgan fingerprint density at radius 1 is 1.15 bits per heavy atom. The van der Waals surface area contributed by atoms with E-state index in [0.29, 0.717) is 19.0 Å². The van der Waals surface area contributed by atoms with Gasteiger partial charge < -0.3 is 15.1 Å². The summed E-state index contributed by atoms with van der Waals surface area (Å²) in [6, 6.07) is 10.2. The number of guanidine groups is 1. The van der Waals surface area contributed by atoms with Gasteiger partial charge in [0.05, 0.1) is 18.8 Å². The van der Waals surface area contributed by atoms with E-state index in [1.165, 1.54) is 0 Å². The van der Waals surface area contributed by atoms with Gasteiger partial charge in [0.25, 0.3) is 0 Å². The maximum Gasteiger partial charge on any atom is 0.242 e. The molecule has 0 atom stereocenters. The molecule has 7 heteroatoms. The Kier molecular flexibility index (Phi) is 10.1. The average molecular weight is 483 g/mol. The van der Waals surface area contributed by atoms with Gasteiger partial charge in [0.2, 0.25) is 5.91 Å². The number of aromatic nitrogens is 1. The lowest BCUT2D eigenvalue weighted by Gasteiger charge is -2.25. The molecule has 1 N–H and O–H groups in total. The Bertz CT molecular complexity index is 756. The number of fused-ring (bicyclic) bond motifs is 1. The van der Waals surface area contributed by atoms with Crippen LogP contribution in [0.4, 0.5) is 0 Å². The summed E-state index contributed by atoms with van der Waals surface area (Å²) >= 11 is 0. The number of benzene rings is 1. The van der Waals surface area contributed by atoms with Gasteiger partial charge in [-0.2, -0.15) is 0 Å². The summed E-state index contributed by atoms with van der Waals surface area (Å²) in [6.45, 7) is 8.95. The van der Waals surface area contributed by atoms with Crippen molar-refractivity contribution in [3.8, 4) is 0 Å². The van der Waals surface area contributed by atoms with Crippen molar-refractivity contribution in [2.45, 2.75) is 27.3 Å². The number of carbonyl (C=O) groups excluding carboxylic acids is 1. The second-order valence-corrected chi connectivity index (χ2v) is 6.07. The minimum Gasteiger partial charge on any atom is -0.357 e. The van der Waals surface area contributed by atoms with Gasteiger partial charge in [0.15, 0.2) is 5.96 Å². The summed E-state index contributed by atoms with van der Waals surface area (Å²) in [6.07, 6.45) is 1.81. The van der Waals surface area contributed by atoms with Gasteiger partial charge in [0.1, 0.15) is 0 Å². The molecule has 0 saturated carbocycles. The molecular weight excluding hydrogens is 453 g/mol. The van der Waals surface area contributed by atoms with Crippen molar-refractivity contribution in [3.05, 3.63) is 42.2 Å². The van der Waals surface area contributed by atoms with Crippen LogP contribution in [0, 0.1) is 0 Å². The van der Waals surface area contributed by atoms with Crippen molar-refractivity contribution in [2.24, 2.45) is 4.99 Å². The van der Waals surface area contributed by atoms with Gasteiger partial charge >= 0.3 is 0 Å². The van der Waals surface area contributed by atoms with Crippen LogP contribution in [-0.2, 0) is 11.3 Å². The molecule has 0 aliphatic heterocycles. The number of carbonyl (C=O) groups is 1. The van der Waals surface area contributed by atoms with E-state index in [1.54, 1.807) is 0 Å². The molecule has 1 amide bonds. The predicted molar refractivity (Wildman–Crippen MR) is 123 cm³/mol. The summed E-state index contributed by atoms with van der Waals surface area (Å²) in [5.74, 6) is 0.814. The summed E-state index contributed by atoms with van der Waals surface area (Å²) in [5, 5.41) is 5.52. The molecule has 0 aliphatic carbocycles. The fraction of sp³-hybridized carbons (Fsp3) is 0.450. The second-order valence-electron chi connectivity index (χ2n) is 6.07. The standard InChI is InChI=1S/C20H29N5O.HI/c1-5-21-20(24(4)15-19(26)25(6-2)7-3)23-14-18-17-11-9-8-10-16(17)12-13-22-18;/h8-13H,5-7,14-15H2,1-4H3,(H,21,23);1H. The number of aliphatic imine (C=N–C) groups is 1. The molecule has 6 nitrogen and oxygen atoms in total. The molecular formula is C20H30IN5O. The van der Waals surface area contributed by atoms with Gasteiger partial charge in [-0.3, -0.25) is 9.78 Å². The second kappa shape index (κ2) is 11.7. The Morgan fingerprint density at radius 2 is 1.85 bits per heavy atom. The highest BCUT2D eigenvalue weighted by Gasteiger charge is 2.15. The van der Waals surface area contributed by atoms with Crippen molar-refractivity contribution < 1.29 is 4.79 Å². The topological polar surface area (TPSA) is 60.8 Å².